The van der Waals surface area contributed by atoms with Crippen molar-refractivity contribution >= 4 is 23.4 Å². The van der Waals surface area contributed by atoms with Crippen LogP contribution in [0.15, 0.2) is 46.2 Å². The number of amides is 1. The third-order valence-electron chi connectivity index (χ3n) is 3.72. The molecule has 0 saturated carbocycles. The number of hydrogen-bond acceptors (Lipinski definition) is 6. The Morgan fingerprint density at radius 3 is 2.92 bits per heavy atom. The monoisotopic (exact) mass is 357 g/mol. The minimum atomic E-state index is -0.123. The van der Waals surface area contributed by atoms with Gasteiger partial charge in [-0.15, -0.1) is 10.2 Å². The molecule has 3 N–H and O–H groups in total. The Bertz CT molecular complexity index is 887. The minimum Gasteiger partial charge on any atom is -0.469 e. The van der Waals surface area contributed by atoms with Crippen LogP contribution in [0.3, 0.4) is 0 Å². The molecule has 0 aliphatic carbocycles. The first-order valence-corrected chi connectivity index (χ1v) is 8.83. The predicted octanol–water partition coefficient (Wildman–Crippen LogP) is 2.85. The zero-order valence-corrected chi connectivity index (χ0v) is 14.8. The Labute approximate surface area is 149 Å². The van der Waals surface area contributed by atoms with Crippen molar-refractivity contribution in [2.75, 3.05) is 16.9 Å². The summed E-state index contributed by atoms with van der Waals surface area (Å²) in [6.07, 6.45) is 2.50. The number of aryl methyl sites for hydroxylation is 2. The molecule has 0 spiro atoms. The van der Waals surface area contributed by atoms with E-state index in [0.29, 0.717) is 16.7 Å². The number of anilines is 1. The van der Waals surface area contributed by atoms with Gasteiger partial charge in [0.05, 0.1) is 17.6 Å². The third kappa shape index (κ3) is 3.85. The summed E-state index contributed by atoms with van der Waals surface area (Å²) < 4.78 is 6.63. The van der Waals surface area contributed by atoms with Gasteiger partial charge < -0.3 is 15.6 Å². The third-order valence-corrected chi connectivity index (χ3v) is 4.66. The molecule has 130 valence electrons. The minimum absolute atomic E-state index is 0.123. The van der Waals surface area contributed by atoms with E-state index >= 15 is 0 Å². The molecule has 0 bridgehead atoms. The van der Waals surface area contributed by atoms with E-state index in [2.05, 4.69) is 22.4 Å². The highest BCUT2D eigenvalue weighted by molar-refractivity contribution is 7.99. The van der Waals surface area contributed by atoms with Gasteiger partial charge >= 0.3 is 0 Å². The van der Waals surface area contributed by atoms with Crippen LogP contribution >= 0.6 is 11.8 Å². The first-order chi connectivity index (χ1) is 12.1. The molecule has 2 heterocycles. The van der Waals surface area contributed by atoms with Gasteiger partial charge in [0.1, 0.15) is 5.76 Å². The molecule has 25 heavy (non-hydrogen) atoms. The van der Waals surface area contributed by atoms with Crippen LogP contribution in [0.5, 0.6) is 0 Å². The summed E-state index contributed by atoms with van der Waals surface area (Å²) >= 11 is 1.23. The number of thioether (sulfide) groups is 1. The summed E-state index contributed by atoms with van der Waals surface area (Å²) in [7, 11) is 0. The molecular formula is C17H19N5O2S. The maximum atomic E-state index is 12.1. The number of aromatic nitrogens is 3. The highest BCUT2D eigenvalue weighted by Crippen LogP contribution is 2.25. The molecule has 0 fully saturated rings. The smallest absolute Gasteiger partial charge is 0.234 e. The topological polar surface area (TPSA) is 99.0 Å². The molecule has 1 aromatic carbocycles. The number of rotatable bonds is 6. The van der Waals surface area contributed by atoms with Crippen molar-refractivity contribution in [3.05, 3.63) is 47.9 Å². The average Bonchev–Trinajstić information content (AvgIpc) is 3.18. The molecule has 7 nitrogen and oxygen atoms in total. The van der Waals surface area contributed by atoms with Gasteiger partial charge in [-0.1, -0.05) is 30.8 Å². The Morgan fingerprint density at radius 2 is 2.20 bits per heavy atom. The first kappa shape index (κ1) is 17.1. The van der Waals surface area contributed by atoms with E-state index in [4.69, 9.17) is 10.3 Å². The highest BCUT2D eigenvalue weighted by atomic mass is 32.2. The van der Waals surface area contributed by atoms with Gasteiger partial charge in [-0.05, 0) is 37.1 Å². The number of furan rings is 1. The van der Waals surface area contributed by atoms with Crippen LogP contribution in [0.25, 0.3) is 11.4 Å². The SMILES string of the molecule is CCc1cccc(NC(=O)CSc2nnc(-c3ccoc3C)n2N)c1. The zero-order valence-electron chi connectivity index (χ0n) is 14.0. The van der Waals surface area contributed by atoms with Crippen LogP contribution in [0.1, 0.15) is 18.2 Å². The Morgan fingerprint density at radius 1 is 1.36 bits per heavy atom. The van der Waals surface area contributed by atoms with Crippen molar-refractivity contribution in [2.45, 2.75) is 25.4 Å². The molecule has 0 aliphatic rings. The number of hydrogen-bond donors (Lipinski definition) is 2. The molecule has 0 unspecified atom stereocenters. The molecule has 1 amide bonds. The second-order valence-corrected chi connectivity index (χ2v) is 6.40. The molecule has 3 aromatic rings. The summed E-state index contributed by atoms with van der Waals surface area (Å²) in [5.74, 6) is 7.32. The van der Waals surface area contributed by atoms with Gasteiger partial charge in [-0.2, -0.15) is 0 Å². The second-order valence-electron chi connectivity index (χ2n) is 5.46. The summed E-state index contributed by atoms with van der Waals surface area (Å²) in [6, 6.07) is 9.57. The lowest BCUT2D eigenvalue weighted by Gasteiger charge is -2.06. The lowest BCUT2D eigenvalue weighted by Crippen LogP contribution is -2.16. The quantitative estimate of drug-likeness (QED) is 0.520. The van der Waals surface area contributed by atoms with Crippen LogP contribution in [-0.2, 0) is 11.2 Å². The summed E-state index contributed by atoms with van der Waals surface area (Å²) in [5.41, 5.74) is 2.74. The summed E-state index contributed by atoms with van der Waals surface area (Å²) in [6.45, 7) is 3.90. The molecule has 0 radical (unpaired) electrons. The average molecular weight is 357 g/mol. The van der Waals surface area contributed by atoms with Crippen LogP contribution in [0.4, 0.5) is 5.69 Å². The van der Waals surface area contributed by atoms with E-state index in [1.165, 1.54) is 22.0 Å². The fraction of sp³-hybridized carbons (Fsp3) is 0.235. The van der Waals surface area contributed by atoms with E-state index in [0.717, 1.165) is 17.7 Å². The number of nitrogen functional groups attached to an aromatic ring is 1. The van der Waals surface area contributed by atoms with Crippen LogP contribution in [0, 0.1) is 6.92 Å². The van der Waals surface area contributed by atoms with Crippen molar-refractivity contribution in [3.8, 4) is 11.4 Å². The molecular weight excluding hydrogens is 338 g/mol. The molecule has 8 heteroatoms. The number of carbonyl (C=O) groups excluding carboxylic acids is 1. The van der Waals surface area contributed by atoms with E-state index in [1.54, 1.807) is 12.3 Å². The lowest BCUT2D eigenvalue weighted by molar-refractivity contribution is -0.113. The van der Waals surface area contributed by atoms with Crippen LogP contribution in [0.2, 0.25) is 0 Å². The molecule has 0 atom stereocenters. The molecule has 0 aliphatic heterocycles. The Balaban J connectivity index is 1.63. The number of nitrogens with two attached hydrogens (primary N) is 1. The fourth-order valence-electron chi connectivity index (χ4n) is 2.37. The largest absolute Gasteiger partial charge is 0.469 e. The number of nitrogens with zero attached hydrogens (tertiary/aromatic N) is 3. The fourth-order valence-corrected chi connectivity index (χ4v) is 3.03. The van der Waals surface area contributed by atoms with Crippen LogP contribution in [-0.4, -0.2) is 26.5 Å². The molecule has 2 aromatic heterocycles. The van der Waals surface area contributed by atoms with Crippen molar-refractivity contribution in [1.29, 1.82) is 0 Å². The van der Waals surface area contributed by atoms with E-state index in [9.17, 15) is 4.79 Å². The second kappa shape index (κ2) is 7.43. The first-order valence-electron chi connectivity index (χ1n) is 7.85. The van der Waals surface area contributed by atoms with E-state index in [-0.39, 0.29) is 11.7 Å². The molecule has 0 saturated heterocycles. The van der Waals surface area contributed by atoms with Gasteiger partial charge in [-0.25, -0.2) is 4.68 Å². The number of benzene rings is 1. The van der Waals surface area contributed by atoms with E-state index < -0.39 is 0 Å². The summed E-state index contributed by atoms with van der Waals surface area (Å²) in [5, 5.41) is 11.5. The predicted molar refractivity (Wildman–Crippen MR) is 97.8 cm³/mol. The zero-order chi connectivity index (χ0) is 17.8. The summed E-state index contributed by atoms with van der Waals surface area (Å²) in [4.78, 5) is 12.1. The van der Waals surface area contributed by atoms with Crippen molar-refractivity contribution in [2.24, 2.45) is 0 Å². The van der Waals surface area contributed by atoms with Gasteiger partial charge in [-0.3, -0.25) is 4.79 Å². The Kier molecular flexibility index (Phi) is 5.08. The van der Waals surface area contributed by atoms with Gasteiger partial charge in [0, 0.05) is 5.69 Å². The van der Waals surface area contributed by atoms with Gasteiger partial charge in [0.25, 0.3) is 0 Å². The molecule has 3 rings (SSSR count). The van der Waals surface area contributed by atoms with Crippen molar-refractivity contribution in [1.82, 2.24) is 14.9 Å². The highest BCUT2D eigenvalue weighted by Gasteiger charge is 2.16. The lowest BCUT2D eigenvalue weighted by atomic mass is 10.1. The van der Waals surface area contributed by atoms with Crippen molar-refractivity contribution < 1.29 is 9.21 Å². The van der Waals surface area contributed by atoms with Crippen LogP contribution < -0.4 is 11.2 Å². The van der Waals surface area contributed by atoms with Crippen molar-refractivity contribution in [3.63, 3.8) is 0 Å². The van der Waals surface area contributed by atoms with Gasteiger partial charge in [0.2, 0.25) is 11.1 Å². The van der Waals surface area contributed by atoms with E-state index in [1.807, 2.05) is 31.2 Å². The number of carbonyl (C=O) groups is 1. The normalized spacial score (nSPS) is 10.8. The number of nitrogens with one attached hydrogen (secondary N) is 1. The standard InChI is InChI=1S/C17H19N5O2S/c1-3-12-5-4-6-13(9-12)19-15(23)10-25-17-21-20-16(22(17)18)14-7-8-24-11(14)2/h4-9H,3,10,18H2,1-2H3,(H,19,23). The maximum absolute atomic E-state index is 12.1. The van der Waals surface area contributed by atoms with Gasteiger partial charge in [0.15, 0.2) is 5.82 Å². The maximum Gasteiger partial charge on any atom is 0.234 e. The Hall–Kier alpha value is -2.74.